The fraction of sp³-hybridized carbons (Fsp3) is 0.600. The maximum atomic E-state index is 10.5. The number of aryl methyl sites for hydroxylation is 1. The molecule has 13 heavy (non-hydrogen) atoms. The predicted octanol–water partition coefficient (Wildman–Crippen LogP) is 2.85. The van der Waals surface area contributed by atoms with Crippen LogP contribution in [0.25, 0.3) is 0 Å². The molecule has 0 amide bonds. The average Bonchev–Trinajstić information content (AvgIpc) is 2.29. The molecule has 0 saturated carbocycles. The van der Waals surface area contributed by atoms with Gasteiger partial charge in [-0.1, -0.05) is 20.8 Å². The van der Waals surface area contributed by atoms with Crippen molar-refractivity contribution in [3.63, 3.8) is 0 Å². The zero-order valence-corrected chi connectivity index (χ0v) is 9.36. The Bertz CT molecular complexity index is 309. The predicted molar refractivity (Wildman–Crippen MR) is 55.4 cm³/mol. The van der Waals surface area contributed by atoms with Gasteiger partial charge in [0.1, 0.15) is 0 Å². The highest BCUT2D eigenvalue weighted by atomic mass is 32.1. The van der Waals surface area contributed by atoms with E-state index in [0.29, 0.717) is 5.01 Å². The van der Waals surface area contributed by atoms with Gasteiger partial charge in [0.15, 0.2) is 11.3 Å². The van der Waals surface area contributed by atoms with E-state index in [1.54, 1.807) is 0 Å². The van der Waals surface area contributed by atoms with Crippen LogP contribution in [0, 0.1) is 12.3 Å². The minimum Gasteiger partial charge on any atom is -0.295 e. The molecule has 0 aromatic carbocycles. The van der Waals surface area contributed by atoms with E-state index >= 15 is 0 Å². The van der Waals surface area contributed by atoms with Crippen LogP contribution < -0.4 is 0 Å². The van der Waals surface area contributed by atoms with E-state index < -0.39 is 0 Å². The van der Waals surface area contributed by atoms with Gasteiger partial charge in [-0.2, -0.15) is 0 Å². The number of nitrogens with zero attached hydrogens (tertiary/aromatic N) is 1. The van der Waals surface area contributed by atoms with Crippen LogP contribution in [0.3, 0.4) is 0 Å². The van der Waals surface area contributed by atoms with Gasteiger partial charge in [0.2, 0.25) is 0 Å². The number of carbonyl (C=O) groups is 1. The highest BCUT2D eigenvalue weighted by Gasteiger charge is 2.15. The maximum Gasteiger partial charge on any atom is 0.178 e. The monoisotopic (exact) mass is 197 g/mol. The molecule has 0 unspecified atom stereocenters. The largest absolute Gasteiger partial charge is 0.295 e. The molecule has 0 aliphatic heterocycles. The summed E-state index contributed by atoms with van der Waals surface area (Å²) in [5, 5.41) is 0.594. The van der Waals surface area contributed by atoms with Gasteiger partial charge in [-0.15, -0.1) is 11.3 Å². The lowest BCUT2D eigenvalue weighted by atomic mass is 9.91. The summed E-state index contributed by atoms with van der Waals surface area (Å²) in [6.07, 6.45) is 1.81. The van der Waals surface area contributed by atoms with E-state index in [4.69, 9.17) is 0 Å². The Morgan fingerprint density at radius 1 is 1.46 bits per heavy atom. The van der Waals surface area contributed by atoms with Gasteiger partial charge in [0.25, 0.3) is 0 Å². The number of thiazole rings is 1. The lowest BCUT2D eigenvalue weighted by molar-refractivity contribution is 0.112. The minimum atomic E-state index is 0.261. The number of carbonyl (C=O) groups excluding carboxylic acids is 1. The SMILES string of the molecule is Cc1nc(C=O)sc1CC(C)(C)C. The van der Waals surface area contributed by atoms with Gasteiger partial charge in [-0.3, -0.25) is 4.79 Å². The molecule has 3 heteroatoms. The Morgan fingerprint density at radius 3 is 2.46 bits per heavy atom. The first-order chi connectivity index (χ1) is 5.92. The molecule has 0 bridgehead atoms. The first-order valence-electron chi connectivity index (χ1n) is 4.34. The first kappa shape index (κ1) is 10.4. The molecule has 0 atom stereocenters. The molecule has 0 fully saturated rings. The van der Waals surface area contributed by atoms with Crippen LogP contribution in [0.15, 0.2) is 0 Å². The van der Waals surface area contributed by atoms with Crippen molar-refractivity contribution in [3.05, 3.63) is 15.6 Å². The molecule has 0 aliphatic carbocycles. The van der Waals surface area contributed by atoms with E-state index in [1.807, 2.05) is 6.92 Å². The summed E-state index contributed by atoms with van der Waals surface area (Å²) in [5.74, 6) is 0. The van der Waals surface area contributed by atoms with Crippen molar-refractivity contribution in [2.75, 3.05) is 0 Å². The summed E-state index contributed by atoms with van der Waals surface area (Å²) in [7, 11) is 0. The third kappa shape index (κ3) is 2.92. The Hall–Kier alpha value is -0.700. The summed E-state index contributed by atoms with van der Waals surface area (Å²) in [5.41, 5.74) is 1.26. The maximum absolute atomic E-state index is 10.5. The molecule has 1 rings (SSSR count). The fourth-order valence-electron chi connectivity index (χ4n) is 1.15. The van der Waals surface area contributed by atoms with Crippen molar-refractivity contribution >= 4 is 17.6 Å². The molecule has 1 aromatic heterocycles. The Kier molecular flexibility index (Phi) is 2.86. The van der Waals surface area contributed by atoms with Crippen LogP contribution in [0.5, 0.6) is 0 Å². The van der Waals surface area contributed by atoms with Crippen molar-refractivity contribution in [3.8, 4) is 0 Å². The summed E-state index contributed by atoms with van der Waals surface area (Å²) in [6, 6.07) is 0. The van der Waals surface area contributed by atoms with Crippen molar-refractivity contribution < 1.29 is 4.79 Å². The molecule has 1 heterocycles. The fourth-order valence-corrected chi connectivity index (χ4v) is 2.33. The van der Waals surface area contributed by atoms with E-state index in [-0.39, 0.29) is 5.41 Å². The second-order valence-electron chi connectivity index (χ2n) is 4.42. The third-order valence-electron chi connectivity index (χ3n) is 1.70. The third-order valence-corrected chi connectivity index (χ3v) is 2.78. The van der Waals surface area contributed by atoms with Gasteiger partial charge in [0, 0.05) is 4.88 Å². The highest BCUT2D eigenvalue weighted by molar-refractivity contribution is 7.13. The molecule has 0 saturated heterocycles. The molecule has 0 radical (unpaired) electrons. The van der Waals surface area contributed by atoms with Crippen molar-refractivity contribution in [1.82, 2.24) is 4.98 Å². The quantitative estimate of drug-likeness (QED) is 0.682. The number of rotatable bonds is 2. The topological polar surface area (TPSA) is 30.0 Å². The van der Waals surface area contributed by atoms with E-state index in [0.717, 1.165) is 18.4 Å². The average molecular weight is 197 g/mol. The van der Waals surface area contributed by atoms with Crippen molar-refractivity contribution in [2.45, 2.75) is 34.1 Å². The van der Waals surface area contributed by atoms with Crippen molar-refractivity contribution in [1.29, 1.82) is 0 Å². The lowest BCUT2D eigenvalue weighted by Gasteiger charge is -2.16. The van der Waals surface area contributed by atoms with Gasteiger partial charge in [0.05, 0.1) is 5.69 Å². The van der Waals surface area contributed by atoms with Crippen LogP contribution in [0.1, 0.15) is 41.1 Å². The van der Waals surface area contributed by atoms with Crippen molar-refractivity contribution in [2.24, 2.45) is 5.41 Å². The Balaban J connectivity index is 2.89. The summed E-state index contributed by atoms with van der Waals surface area (Å²) in [4.78, 5) is 15.9. The van der Waals surface area contributed by atoms with Gasteiger partial charge < -0.3 is 0 Å². The summed E-state index contributed by atoms with van der Waals surface area (Å²) >= 11 is 1.51. The summed E-state index contributed by atoms with van der Waals surface area (Å²) in [6.45, 7) is 8.52. The second kappa shape index (κ2) is 3.58. The number of hydrogen-bond acceptors (Lipinski definition) is 3. The van der Waals surface area contributed by atoms with E-state index in [1.165, 1.54) is 16.2 Å². The summed E-state index contributed by atoms with van der Waals surface area (Å²) < 4.78 is 0. The first-order valence-corrected chi connectivity index (χ1v) is 5.15. The molecule has 0 aliphatic rings. The second-order valence-corrected chi connectivity index (χ2v) is 5.53. The molecule has 1 aromatic rings. The zero-order valence-electron chi connectivity index (χ0n) is 8.55. The normalized spacial score (nSPS) is 11.7. The lowest BCUT2D eigenvalue weighted by Crippen LogP contribution is -2.08. The van der Waals surface area contributed by atoms with Crippen LogP contribution in [-0.2, 0) is 6.42 Å². The molecule has 2 nitrogen and oxygen atoms in total. The standard InChI is InChI=1S/C10H15NOS/c1-7-8(5-10(2,3)4)13-9(6-12)11-7/h6H,5H2,1-4H3. The Labute approximate surface area is 83.0 Å². The van der Waals surface area contributed by atoms with Crippen LogP contribution in [-0.4, -0.2) is 11.3 Å². The molecular weight excluding hydrogens is 182 g/mol. The van der Waals surface area contributed by atoms with Crippen LogP contribution in [0.4, 0.5) is 0 Å². The van der Waals surface area contributed by atoms with E-state index in [2.05, 4.69) is 25.8 Å². The smallest absolute Gasteiger partial charge is 0.178 e. The minimum absolute atomic E-state index is 0.261. The number of hydrogen-bond donors (Lipinski definition) is 0. The van der Waals surface area contributed by atoms with Crippen LogP contribution >= 0.6 is 11.3 Å². The number of aldehydes is 1. The van der Waals surface area contributed by atoms with Gasteiger partial charge in [-0.05, 0) is 18.8 Å². The molecule has 72 valence electrons. The molecule has 0 spiro atoms. The zero-order chi connectivity index (χ0) is 10.1. The van der Waals surface area contributed by atoms with Gasteiger partial charge >= 0.3 is 0 Å². The molecule has 0 N–H and O–H groups in total. The van der Waals surface area contributed by atoms with Crippen LogP contribution in [0.2, 0.25) is 0 Å². The van der Waals surface area contributed by atoms with Gasteiger partial charge in [-0.25, -0.2) is 4.98 Å². The Morgan fingerprint density at radius 2 is 2.08 bits per heavy atom. The number of aromatic nitrogens is 1. The van der Waals surface area contributed by atoms with E-state index in [9.17, 15) is 4.79 Å². The molecular formula is C10H15NOS. The highest BCUT2D eigenvalue weighted by Crippen LogP contribution is 2.26.